The van der Waals surface area contributed by atoms with Gasteiger partial charge in [-0.25, -0.2) is 24.9 Å². The summed E-state index contributed by atoms with van der Waals surface area (Å²) in [5.41, 5.74) is 6.96. The van der Waals surface area contributed by atoms with Crippen molar-refractivity contribution in [1.82, 2.24) is 45.1 Å². The molecule has 0 aromatic carbocycles. The number of methoxy groups -OCH3 is 1. The van der Waals surface area contributed by atoms with Crippen molar-refractivity contribution in [2.45, 2.75) is 25.8 Å². The van der Waals surface area contributed by atoms with E-state index in [4.69, 9.17) is 4.74 Å². The number of hydrogen-bond donors (Lipinski definition) is 3. The molecule has 0 aliphatic heterocycles. The third-order valence-corrected chi connectivity index (χ3v) is 6.32. The minimum Gasteiger partial charge on any atom is -0.481 e. The predicted molar refractivity (Wildman–Crippen MR) is 140 cm³/mol. The Morgan fingerprint density at radius 2 is 1.84 bits per heavy atom. The van der Waals surface area contributed by atoms with Crippen LogP contribution in [0.2, 0.25) is 0 Å². The SMILES string of the molecule is CCCC(Nc1ncnc2nc[nH]c12)c1cc(-c2cnc3[nH]cc(-c4ccnnc4)c3c2)cnc1OC. The molecule has 0 saturated carbocycles. The number of nitrogens with one attached hydrogen (secondary N) is 3. The Morgan fingerprint density at radius 3 is 2.68 bits per heavy atom. The highest BCUT2D eigenvalue weighted by Crippen LogP contribution is 2.35. The molecule has 0 spiro atoms. The summed E-state index contributed by atoms with van der Waals surface area (Å²) >= 11 is 0. The van der Waals surface area contributed by atoms with Crippen LogP contribution in [0.5, 0.6) is 5.88 Å². The van der Waals surface area contributed by atoms with Gasteiger partial charge < -0.3 is 20.0 Å². The minimum atomic E-state index is -0.101. The molecule has 3 N–H and O–H groups in total. The maximum atomic E-state index is 5.67. The minimum absolute atomic E-state index is 0.101. The Morgan fingerprint density at radius 1 is 0.946 bits per heavy atom. The lowest BCUT2D eigenvalue weighted by molar-refractivity contribution is 0.388. The summed E-state index contributed by atoms with van der Waals surface area (Å²) in [5, 5.41) is 12.5. The van der Waals surface area contributed by atoms with Crippen molar-refractivity contribution < 1.29 is 4.74 Å². The molecule has 37 heavy (non-hydrogen) atoms. The first-order chi connectivity index (χ1) is 18.2. The molecule has 6 rings (SSSR count). The molecule has 0 amide bonds. The van der Waals surface area contributed by atoms with Crippen LogP contribution in [-0.4, -0.2) is 52.2 Å². The van der Waals surface area contributed by atoms with Crippen molar-refractivity contribution in [2.24, 2.45) is 0 Å². The van der Waals surface area contributed by atoms with Gasteiger partial charge in [-0.2, -0.15) is 10.2 Å². The standard InChI is InChI=1S/C26H24N10O/c1-3-4-21(36-25-22-24(31-13-30-22)32-14-33-25)19-8-17(10-29-26(19)37-2)16-7-18-20(12-28-23(18)27-9-16)15-5-6-34-35-11-15/h5-14,21H,3-4H2,1-2H3,(H,27,28)(H2,30,31,32,33,36). The van der Waals surface area contributed by atoms with Gasteiger partial charge in [-0.15, -0.1) is 0 Å². The Labute approximate surface area is 211 Å². The monoisotopic (exact) mass is 492 g/mol. The van der Waals surface area contributed by atoms with Gasteiger partial charge in [0.25, 0.3) is 0 Å². The van der Waals surface area contributed by atoms with Gasteiger partial charge in [-0.1, -0.05) is 13.3 Å². The van der Waals surface area contributed by atoms with Gasteiger partial charge >= 0.3 is 0 Å². The van der Waals surface area contributed by atoms with Crippen molar-refractivity contribution >= 4 is 28.0 Å². The van der Waals surface area contributed by atoms with E-state index in [1.54, 1.807) is 25.8 Å². The molecular formula is C26H24N10O. The van der Waals surface area contributed by atoms with Gasteiger partial charge in [-0.05, 0) is 24.6 Å². The van der Waals surface area contributed by atoms with Crippen LogP contribution in [0.1, 0.15) is 31.4 Å². The lowest BCUT2D eigenvalue weighted by Crippen LogP contribution is -2.14. The van der Waals surface area contributed by atoms with Gasteiger partial charge in [0.15, 0.2) is 11.5 Å². The summed E-state index contributed by atoms with van der Waals surface area (Å²) in [7, 11) is 1.63. The van der Waals surface area contributed by atoms with E-state index in [1.165, 1.54) is 6.33 Å². The second-order valence-corrected chi connectivity index (χ2v) is 8.59. The number of pyridine rings is 2. The van der Waals surface area contributed by atoms with Crippen molar-refractivity contribution in [3.63, 3.8) is 0 Å². The number of nitrogens with zero attached hydrogens (tertiary/aromatic N) is 7. The van der Waals surface area contributed by atoms with Crippen molar-refractivity contribution in [3.05, 3.63) is 67.4 Å². The summed E-state index contributed by atoms with van der Waals surface area (Å²) in [5.74, 6) is 1.24. The van der Waals surface area contributed by atoms with Crippen LogP contribution >= 0.6 is 0 Å². The molecule has 0 aliphatic carbocycles. The number of aromatic nitrogens is 9. The van der Waals surface area contributed by atoms with Gasteiger partial charge in [-0.3, -0.25) is 0 Å². The fraction of sp³-hybridized carbons (Fsp3) is 0.192. The average Bonchev–Trinajstić information content (AvgIpc) is 3.60. The lowest BCUT2D eigenvalue weighted by Gasteiger charge is -2.21. The summed E-state index contributed by atoms with van der Waals surface area (Å²) in [4.78, 5) is 28.6. The summed E-state index contributed by atoms with van der Waals surface area (Å²) in [6.07, 6.45) is 13.9. The maximum Gasteiger partial charge on any atom is 0.218 e. The van der Waals surface area contributed by atoms with Crippen LogP contribution in [0.4, 0.5) is 5.82 Å². The van der Waals surface area contributed by atoms with E-state index in [0.29, 0.717) is 17.3 Å². The topological polar surface area (TPSA) is 143 Å². The zero-order chi connectivity index (χ0) is 25.2. The van der Waals surface area contributed by atoms with Gasteiger partial charge in [0.1, 0.15) is 17.5 Å². The van der Waals surface area contributed by atoms with E-state index in [0.717, 1.165) is 57.2 Å². The third-order valence-electron chi connectivity index (χ3n) is 6.32. The number of aromatic amines is 2. The first kappa shape index (κ1) is 22.5. The van der Waals surface area contributed by atoms with Crippen LogP contribution in [0.3, 0.4) is 0 Å². The molecule has 0 saturated heterocycles. The van der Waals surface area contributed by atoms with Gasteiger partial charge in [0.05, 0.1) is 31.9 Å². The smallest absolute Gasteiger partial charge is 0.218 e. The average molecular weight is 493 g/mol. The van der Waals surface area contributed by atoms with Crippen molar-refractivity contribution in [2.75, 3.05) is 12.4 Å². The molecule has 0 bridgehead atoms. The highest BCUT2D eigenvalue weighted by atomic mass is 16.5. The molecule has 6 aromatic heterocycles. The van der Waals surface area contributed by atoms with Crippen LogP contribution in [0.15, 0.2) is 61.8 Å². The zero-order valence-corrected chi connectivity index (χ0v) is 20.3. The molecule has 0 fully saturated rings. The van der Waals surface area contributed by atoms with Crippen LogP contribution in [0, 0.1) is 0 Å². The molecule has 6 heterocycles. The van der Waals surface area contributed by atoms with Crippen LogP contribution in [-0.2, 0) is 0 Å². The quantitative estimate of drug-likeness (QED) is 0.275. The van der Waals surface area contributed by atoms with E-state index in [-0.39, 0.29) is 6.04 Å². The Kier molecular flexibility index (Phi) is 5.85. The van der Waals surface area contributed by atoms with E-state index in [2.05, 4.69) is 69.5 Å². The number of fused-ring (bicyclic) bond motifs is 2. The largest absolute Gasteiger partial charge is 0.481 e. The normalized spacial score (nSPS) is 12.2. The van der Waals surface area contributed by atoms with Gasteiger partial charge in [0, 0.05) is 51.8 Å². The Bertz CT molecular complexity index is 1680. The molecule has 1 unspecified atom stereocenters. The number of rotatable bonds is 8. The van der Waals surface area contributed by atoms with Crippen molar-refractivity contribution in [1.29, 1.82) is 0 Å². The predicted octanol–water partition coefficient (Wildman–Crippen LogP) is 4.71. The van der Waals surface area contributed by atoms with E-state index in [9.17, 15) is 0 Å². The molecule has 1 atom stereocenters. The number of H-pyrrole nitrogens is 2. The van der Waals surface area contributed by atoms with Crippen LogP contribution < -0.4 is 10.1 Å². The molecule has 11 nitrogen and oxygen atoms in total. The number of ether oxygens (including phenoxy) is 1. The fourth-order valence-electron chi connectivity index (χ4n) is 4.53. The van der Waals surface area contributed by atoms with E-state index >= 15 is 0 Å². The molecule has 184 valence electrons. The zero-order valence-electron chi connectivity index (χ0n) is 20.3. The Hall–Kier alpha value is -4.93. The summed E-state index contributed by atoms with van der Waals surface area (Å²) in [6.45, 7) is 2.14. The fourth-order valence-corrected chi connectivity index (χ4v) is 4.53. The van der Waals surface area contributed by atoms with Gasteiger partial charge in [0.2, 0.25) is 5.88 Å². The summed E-state index contributed by atoms with van der Waals surface area (Å²) < 4.78 is 5.67. The number of hydrogen-bond acceptors (Lipinski definition) is 9. The summed E-state index contributed by atoms with van der Waals surface area (Å²) in [6, 6.07) is 6.05. The first-order valence-electron chi connectivity index (χ1n) is 11.9. The molecular weight excluding hydrogens is 468 g/mol. The van der Waals surface area contributed by atoms with E-state index < -0.39 is 0 Å². The molecule has 0 radical (unpaired) electrons. The van der Waals surface area contributed by atoms with Crippen molar-refractivity contribution in [3.8, 4) is 28.1 Å². The third kappa shape index (κ3) is 4.20. The second kappa shape index (κ2) is 9.61. The van der Waals surface area contributed by atoms with Crippen LogP contribution in [0.25, 0.3) is 44.5 Å². The molecule has 0 aliphatic rings. The highest BCUT2D eigenvalue weighted by molar-refractivity contribution is 5.95. The lowest BCUT2D eigenvalue weighted by atomic mass is 9.98. The molecule has 11 heteroatoms. The second-order valence-electron chi connectivity index (χ2n) is 8.59. The maximum absolute atomic E-state index is 5.67. The Balaban J connectivity index is 1.41. The number of imidazole rings is 1. The number of anilines is 1. The molecule has 6 aromatic rings. The van der Waals surface area contributed by atoms with E-state index in [1.807, 2.05) is 24.7 Å². The first-order valence-corrected chi connectivity index (χ1v) is 11.9. The highest BCUT2D eigenvalue weighted by Gasteiger charge is 2.20.